The Morgan fingerprint density at radius 2 is 2.29 bits per heavy atom. The summed E-state index contributed by atoms with van der Waals surface area (Å²) in [6.07, 6.45) is 0. The predicted octanol–water partition coefficient (Wildman–Crippen LogP) is 1.65. The van der Waals surface area contributed by atoms with Gasteiger partial charge in [0.05, 0.1) is 18.1 Å². The molecular weight excluding hydrogens is 178 g/mol. The summed E-state index contributed by atoms with van der Waals surface area (Å²) in [5, 5.41) is 0. The first kappa shape index (κ1) is 8.87. The molecule has 0 fully saturated rings. The molecule has 0 bridgehead atoms. The molecule has 0 spiro atoms. The van der Waals surface area contributed by atoms with Gasteiger partial charge < -0.3 is 15.0 Å². The van der Waals surface area contributed by atoms with Crippen LogP contribution in [0, 0.1) is 0 Å². The molecule has 0 aliphatic heterocycles. The number of imidazole rings is 1. The Morgan fingerprint density at radius 1 is 1.50 bits per heavy atom. The molecule has 2 N–H and O–H groups in total. The number of anilines is 1. The van der Waals surface area contributed by atoms with Gasteiger partial charge >= 0.3 is 0 Å². The van der Waals surface area contributed by atoms with Gasteiger partial charge in [-0.15, -0.1) is 0 Å². The second-order valence-electron chi connectivity index (χ2n) is 3.07. The lowest BCUT2D eigenvalue weighted by atomic mass is 10.3. The predicted molar refractivity (Wildman–Crippen MR) is 56.4 cm³/mol. The third-order valence-electron chi connectivity index (χ3n) is 2.30. The van der Waals surface area contributed by atoms with E-state index in [2.05, 4.69) is 4.98 Å². The first-order valence-corrected chi connectivity index (χ1v) is 4.56. The molecule has 0 atom stereocenters. The van der Waals surface area contributed by atoms with E-state index in [1.807, 2.05) is 29.7 Å². The van der Waals surface area contributed by atoms with Gasteiger partial charge in [0.1, 0.15) is 5.75 Å². The summed E-state index contributed by atoms with van der Waals surface area (Å²) >= 11 is 0. The number of aryl methyl sites for hydroxylation is 1. The van der Waals surface area contributed by atoms with Gasteiger partial charge in [-0.25, -0.2) is 4.98 Å². The molecule has 0 radical (unpaired) electrons. The van der Waals surface area contributed by atoms with E-state index in [4.69, 9.17) is 10.5 Å². The summed E-state index contributed by atoms with van der Waals surface area (Å²) in [7, 11) is 1.64. The molecular formula is C10H13N3O. The number of fused-ring (bicyclic) bond motifs is 1. The molecule has 1 aromatic heterocycles. The Kier molecular flexibility index (Phi) is 2.04. The number of nitrogen functional groups attached to an aromatic ring is 1. The molecule has 2 rings (SSSR count). The average molecular weight is 191 g/mol. The Hall–Kier alpha value is -1.71. The van der Waals surface area contributed by atoms with Crippen LogP contribution in [0.3, 0.4) is 0 Å². The van der Waals surface area contributed by atoms with Crippen molar-refractivity contribution in [2.75, 3.05) is 12.8 Å². The maximum Gasteiger partial charge on any atom is 0.201 e. The molecule has 0 saturated carbocycles. The first-order chi connectivity index (χ1) is 6.76. The van der Waals surface area contributed by atoms with Crippen molar-refractivity contribution in [3.8, 4) is 5.75 Å². The lowest BCUT2D eigenvalue weighted by Crippen LogP contribution is -2.00. The average Bonchev–Trinajstić information content (AvgIpc) is 2.51. The summed E-state index contributed by atoms with van der Waals surface area (Å²) in [6, 6.07) is 5.77. The van der Waals surface area contributed by atoms with Crippen LogP contribution in [-0.4, -0.2) is 16.7 Å². The largest absolute Gasteiger partial charge is 0.497 e. The van der Waals surface area contributed by atoms with Gasteiger partial charge in [0.15, 0.2) is 0 Å². The third kappa shape index (κ3) is 1.19. The van der Waals surface area contributed by atoms with Crippen molar-refractivity contribution in [1.82, 2.24) is 9.55 Å². The quantitative estimate of drug-likeness (QED) is 0.785. The number of aromatic nitrogens is 2. The number of nitrogens with zero attached hydrogens (tertiary/aromatic N) is 2. The Morgan fingerprint density at radius 3 is 2.93 bits per heavy atom. The van der Waals surface area contributed by atoms with Crippen LogP contribution in [0.15, 0.2) is 18.2 Å². The van der Waals surface area contributed by atoms with E-state index in [-0.39, 0.29) is 0 Å². The van der Waals surface area contributed by atoms with Crippen molar-refractivity contribution >= 4 is 17.0 Å². The van der Waals surface area contributed by atoms with Crippen molar-refractivity contribution in [2.24, 2.45) is 0 Å². The molecule has 0 saturated heterocycles. The third-order valence-corrected chi connectivity index (χ3v) is 2.30. The van der Waals surface area contributed by atoms with E-state index in [1.54, 1.807) is 7.11 Å². The number of nitrogens with two attached hydrogens (primary N) is 1. The minimum absolute atomic E-state index is 0.552. The standard InChI is InChI=1S/C10H13N3O/c1-3-13-9-5-4-7(14-2)6-8(9)12-10(13)11/h4-6H,3H2,1-2H3,(H2,11,12). The topological polar surface area (TPSA) is 53.1 Å². The summed E-state index contributed by atoms with van der Waals surface area (Å²) in [5.41, 5.74) is 7.69. The summed E-state index contributed by atoms with van der Waals surface area (Å²) in [5.74, 6) is 1.36. The lowest BCUT2D eigenvalue weighted by molar-refractivity contribution is 0.415. The van der Waals surface area contributed by atoms with Gasteiger partial charge in [0.25, 0.3) is 0 Å². The van der Waals surface area contributed by atoms with E-state index in [1.165, 1.54) is 0 Å². The van der Waals surface area contributed by atoms with E-state index in [9.17, 15) is 0 Å². The first-order valence-electron chi connectivity index (χ1n) is 4.56. The fourth-order valence-corrected chi connectivity index (χ4v) is 1.59. The maximum atomic E-state index is 5.77. The highest BCUT2D eigenvalue weighted by Crippen LogP contribution is 2.22. The van der Waals surface area contributed by atoms with E-state index < -0.39 is 0 Å². The molecule has 4 heteroatoms. The second kappa shape index (κ2) is 3.21. The number of hydrogen-bond donors (Lipinski definition) is 1. The monoisotopic (exact) mass is 191 g/mol. The SMILES string of the molecule is CCn1c(N)nc2cc(OC)ccc21. The zero-order valence-electron chi connectivity index (χ0n) is 8.32. The minimum atomic E-state index is 0.552. The van der Waals surface area contributed by atoms with Gasteiger partial charge in [-0.2, -0.15) is 0 Å². The van der Waals surface area contributed by atoms with Crippen LogP contribution >= 0.6 is 0 Å². The van der Waals surface area contributed by atoms with Crippen LogP contribution in [0.2, 0.25) is 0 Å². The molecule has 14 heavy (non-hydrogen) atoms. The molecule has 1 aromatic carbocycles. The fourth-order valence-electron chi connectivity index (χ4n) is 1.59. The van der Waals surface area contributed by atoms with Crippen molar-refractivity contribution < 1.29 is 4.74 Å². The zero-order chi connectivity index (χ0) is 10.1. The molecule has 2 aromatic rings. The van der Waals surface area contributed by atoms with Gasteiger partial charge in [-0.3, -0.25) is 0 Å². The van der Waals surface area contributed by atoms with Crippen LogP contribution in [0.4, 0.5) is 5.95 Å². The number of rotatable bonds is 2. The molecule has 1 heterocycles. The molecule has 0 aliphatic rings. The van der Waals surface area contributed by atoms with Crippen LogP contribution < -0.4 is 10.5 Å². The number of methoxy groups -OCH3 is 1. The Bertz CT molecular complexity index is 462. The summed E-state index contributed by atoms with van der Waals surface area (Å²) in [4.78, 5) is 4.25. The highest BCUT2D eigenvalue weighted by Gasteiger charge is 2.06. The van der Waals surface area contributed by atoms with Crippen molar-refractivity contribution in [3.05, 3.63) is 18.2 Å². The Balaban J connectivity index is 2.68. The lowest BCUT2D eigenvalue weighted by Gasteiger charge is -2.01. The van der Waals surface area contributed by atoms with Crippen LogP contribution in [-0.2, 0) is 6.54 Å². The minimum Gasteiger partial charge on any atom is -0.497 e. The van der Waals surface area contributed by atoms with Crippen LogP contribution in [0.25, 0.3) is 11.0 Å². The van der Waals surface area contributed by atoms with Gasteiger partial charge in [-0.1, -0.05) is 0 Å². The highest BCUT2D eigenvalue weighted by molar-refractivity contribution is 5.79. The Labute approximate surface area is 82.3 Å². The number of ether oxygens (including phenoxy) is 1. The van der Waals surface area contributed by atoms with E-state index >= 15 is 0 Å². The van der Waals surface area contributed by atoms with Gasteiger partial charge in [0.2, 0.25) is 5.95 Å². The fraction of sp³-hybridized carbons (Fsp3) is 0.300. The van der Waals surface area contributed by atoms with Crippen LogP contribution in [0.5, 0.6) is 5.75 Å². The molecule has 74 valence electrons. The number of benzene rings is 1. The van der Waals surface area contributed by atoms with Crippen LogP contribution in [0.1, 0.15) is 6.92 Å². The van der Waals surface area contributed by atoms with E-state index in [0.717, 1.165) is 23.3 Å². The molecule has 4 nitrogen and oxygen atoms in total. The summed E-state index contributed by atoms with van der Waals surface area (Å²) < 4.78 is 7.08. The van der Waals surface area contributed by atoms with Crippen molar-refractivity contribution in [2.45, 2.75) is 13.5 Å². The van der Waals surface area contributed by atoms with E-state index in [0.29, 0.717) is 5.95 Å². The molecule has 0 amide bonds. The zero-order valence-corrected chi connectivity index (χ0v) is 8.32. The smallest absolute Gasteiger partial charge is 0.201 e. The van der Waals surface area contributed by atoms with Crippen molar-refractivity contribution in [1.29, 1.82) is 0 Å². The summed E-state index contributed by atoms with van der Waals surface area (Å²) in [6.45, 7) is 2.87. The van der Waals surface area contributed by atoms with Gasteiger partial charge in [-0.05, 0) is 19.1 Å². The maximum absolute atomic E-state index is 5.77. The highest BCUT2D eigenvalue weighted by atomic mass is 16.5. The van der Waals surface area contributed by atoms with Crippen molar-refractivity contribution in [3.63, 3.8) is 0 Å². The molecule has 0 unspecified atom stereocenters. The normalized spacial score (nSPS) is 10.7. The second-order valence-corrected chi connectivity index (χ2v) is 3.07. The van der Waals surface area contributed by atoms with Gasteiger partial charge in [0, 0.05) is 12.6 Å². The number of hydrogen-bond acceptors (Lipinski definition) is 3. The molecule has 0 aliphatic carbocycles.